The van der Waals surface area contributed by atoms with Gasteiger partial charge in [-0.25, -0.2) is 0 Å². The maximum Gasteiger partial charge on any atom is 0.315 e. The number of aryl methyl sites for hydroxylation is 13. The van der Waals surface area contributed by atoms with Crippen LogP contribution < -0.4 is 30.7 Å². The molecule has 4 N–H and O–H groups in total. The predicted molar refractivity (Wildman–Crippen MR) is 503 cm³/mol. The number of Topliss-reactive ketones (excluding diaryl/α,β-unsaturated/α-hetero) is 2. The molecule has 124 heavy (non-hydrogen) atoms. The van der Waals surface area contributed by atoms with Crippen LogP contribution in [-0.2, 0) is 99.9 Å². The Balaban J connectivity index is 0.000000117. The third kappa shape index (κ3) is 22.6. The first kappa shape index (κ1) is 88.3. The molecule has 11 aromatic carbocycles. The summed E-state index contributed by atoms with van der Waals surface area (Å²) in [6, 6.07) is 68.5. The second-order valence-electron chi connectivity index (χ2n) is 34.4. The molecule has 12 aromatic rings. The van der Waals surface area contributed by atoms with Crippen molar-refractivity contribution in [3.8, 4) is 11.5 Å². The fourth-order valence-electron chi connectivity index (χ4n) is 16.1. The highest BCUT2D eigenvalue weighted by Crippen LogP contribution is 2.55. The molecule has 1 aromatic heterocycles. The van der Waals surface area contributed by atoms with Crippen LogP contribution in [-0.4, -0.2) is 58.2 Å². The predicted octanol–water partition coefficient (Wildman–Crippen LogP) is 22.8. The van der Waals surface area contributed by atoms with Crippen molar-refractivity contribution in [2.24, 2.45) is 27.3 Å². The van der Waals surface area contributed by atoms with Crippen molar-refractivity contribution in [2.75, 3.05) is 27.9 Å². The second-order valence-corrected chi connectivity index (χ2v) is 34.4. The van der Waals surface area contributed by atoms with Crippen molar-refractivity contribution in [1.82, 2.24) is 9.78 Å². The van der Waals surface area contributed by atoms with Gasteiger partial charge in [0, 0.05) is 95.5 Å². The molecule has 1 saturated carbocycles. The average molecular weight is 1650 g/mol. The van der Waals surface area contributed by atoms with Crippen LogP contribution in [0.1, 0.15) is 161 Å². The highest BCUT2D eigenvalue weighted by atomic mass is 16.5. The number of allylic oxidation sites excluding steroid dienone is 1. The fraction of sp³-hybridized carbons (Fsp3) is 0.271. The minimum Gasteiger partial charge on any atom is -0.485 e. The zero-order valence-corrected chi connectivity index (χ0v) is 73.9. The Morgan fingerprint density at radius 2 is 0.976 bits per heavy atom. The Labute approximate surface area is 729 Å². The number of fused-ring (bicyclic) bond motifs is 12. The zero-order chi connectivity index (χ0) is 88.1. The molecule has 9 heterocycles. The van der Waals surface area contributed by atoms with Gasteiger partial charge in [-0.3, -0.25) is 38.6 Å². The van der Waals surface area contributed by atoms with E-state index in [1.807, 2.05) is 120 Å². The minimum absolute atomic E-state index is 0.102. The summed E-state index contributed by atoms with van der Waals surface area (Å²) in [6.07, 6.45) is 13.9. The summed E-state index contributed by atoms with van der Waals surface area (Å²) < 4.78 is 12.2. The molecule has 1 fully saturated rings. The number of aliphatic imine (C=N–C) groups is 2. The van der Waals surface area contributed by atoms with Crippen LogP contribution in [0.25, 0.3) is 10.9 Å². The number of nitrogens with one attached hydrogen (secondary N) is 4. The van der Waals surface area contributed by atoms with Gasteiger partial charge in [0.2, 0.25) is 11.8 Å². The summed E-state index contributed by atoms with van der Waals surface area (Å²) >= 11 is 0. The van der Waals surface area contributed by atoms with Crippen LogP contribution in [0.4, 0.5) is 34.1 Å². The van der Waals surface area contributed by atoms with Crippen molar-refractivity contribution in [2.45, 2.75) is 178 Å². The molecular weight excluding hydrogens is 1540 g/mol. The van der Waals surface area contributed by atoms with Gasteiger partial charge in [-0.1, -0.05) is 197 Å². The molecule has 0 bridgehead atoms. The van der Waals surface area contributed by atoms with Gasteiger partial charge < -0.3 is 30.7 Å². The Hall–Kier alpha value is -13.5. The molecule has 0 atom stereocenters. The summed E-state index contributed by atoms with van der Waals surface area (Å²) in [4.78, 5) is 64.4. The summed E-state index contributed by atoms with van der Waals surface area (Å²) in [5, 5.41) is 25.5. The molecule has 17 nitrogen and oxygen atoms in total. The Bertz CT molecular complexity index is 5800. The Kier molecular flexibility index (Phi) is 27.8. The van der Waals surface area contributed by atoms with E-state index in [0.29, 0.717) is 50.3 Å². The van der Waals surface area contributed by atoms with E-state index in [4.69, 9.17) is 9.47 Å². The number of ketones is 2. The van der Waals surface area contributed by atoms with Gasteiger partial charge in [0.1, 0.15) is 29.7 Å². The highest BCUT2D eigenvalue weighted by Gasteiger charge is 2.56. The monoisotopic (exact) mass is 1650 g/mol. The Morgan fingerprint density at radius 1 is 0.427 bits per heavy atom. The van der Waals surface area contributed by atoms with Crippen LogP contribution >= 0.6 is 0 Å². The van der Waals surface area contributed by atoms with Gasteiger partial charge in [-0.15, -0.1) is 0 Å². The molecule has 3 aliphatic carbocycles. The van der Waals surface area contributed by atoms with E-state index in [0.717, 1.165) is 108 Å². The Morgan fingerprint density at radius 3 is 1.69 bits per heavy atom. The number of hydrogen-bond acceptors (Lipinski definition) is 14. The van der Waals surface area contributed by atoms with Crippen LogP contribution in [0.5, 0.6) is 11.5 Å². The standard InChI is InChI=1S/C12H14O.C11H11NO.C11H13N.C10H11NO.C10H10O.C9H10N2.C9H9NO.2C9H9N.C9H8O2.C8H8N2/c1-8-4-5-10-9(6-8)7-11(13)12(10,2)3;1-7-2-3-8-9(6-7)12-10(13)11(8)4-5-11;1-8-3-5-10-6-4-9(2)12-11(10)7-8;1-7-3-4-10-9(5-7)11-8(2)6-12-10;1-7-2-3-8-5-10(11)6-9(8)4-7;1-7-3-4-9-8(5-7)6-10-11(9)2;1-6-2-3-8-7(4-6)5-9(11)10-8;1-7-2-3-8-5-10-6-9(8)4-7;1-7-2-3-9-8(6-7)4-5-10-9;1-6-2-3-8-7(4-6)5-9(10)11-8;1-6-2-3-8-7(4-6)5-9-10-8/h4-6H,7H2,1-3H3;2-3,6H,4-5H2,1H3,(H,12,13);3,5,7,12H,2,4,6H2,1H3;3-5,11H,2,6H2,1H3;2-4H,5-6H2,1H3;3-6H,1-2H3;2-4H,5H2,1H3,(H,10,11);2-5H,6H2,1H3;2-3,5-6H,4H2,1H3;2-4H,5H2,1H3;2-4H,5H2,1H3. The van der Waals surface area contributed by atoms with Crippen molar-refractivity contribution in [3.05, 3.63) is 359 Å². The molecule has 632 valence electrons. The van der Waals surface area contributed by atoms with E-state index in [2.05, 4.69) is 261 Å². The van der Waals surface area contributed by atoms with Gasteiger partial charge in [0.25, 0.3) is 0 Å². The lowest BCUT2D eigenvalue weighted by atomic mass is 9.85. The van der Waals surface area contributed by atoms with Gasteiger partial charge in [-0.2, -0.15) is 15.3 Å². The number of benzene rings is 11. The number of rotatable bonds is 0. The largest absolute Gasteiger partial charge is 0.485 e. The number of aromatic nitrogens is 2. The number of nitrogens with zero attached hydrogens (tertiary/aromatic N) is 6. The average Bonchev–Trinajstić information content (AvgIpc) is 1.56. The van der Waals surface area contributed by atoms with E-state index in [9.17, 15) is 24.0 Å². The van der Waals surface area contributed by atoms with Crippen LogP contribution in [0.2, 0.25) is 0 Å². The fourth-order valence-corrected chi connectivity index (χ4v) is 16.1. The lowest BCUT2D eigenvalue weighted by Crippen LogP contribution is -2.23. The van der Waals surface area contributed by atoms with E-state index in [-0.39, 0.29) is 28.6 Å². The second kappa shape index (κ2) is 39.1. The number of amides is 2. The van der Waals surface area contributed by atoms with Gasteiger partial charge in [0.05, 0.1) is 60.1 Å². The lowest BCUT2D eigenvalue weighted by molar-refractivity contribution is -0.132. The summed E-state index contributed by atoms with van der Waals surface area (Å²) in [6.45, 7) is 36.7. The molecule has 17 heteroatoms. The molecule has 11 aliphatic rings. The van der Waals surface area contributed by atoms with Gasteiger partial charge in [-0.05, 0) is 249 Å². The number of azo groups is 1. The summed E-state index contributed by atoms with van der Waals surface area (Å²) in [5.74, 6) is 2.48. The maximum absolute atomic E-state index is 11.7. The van der Waals surface area contributed by atoms with Crippen molar-refractivity contribution in [3.63, 3.8) is 0 Å². The first-order valence-electron chi connectivity index (χ1n) is 42.5. The van der Waals surface area contributed by atoms with Crippen LogP contribution in [0, 0.1) is 76.2 Å². The third-order valence-electron chi connectivity index (χ3n) is 23.1. The van der Waals surface area contributed by atoms with E-state index in [1.54, 1.807) is 0 Å². The van der Waals surface area contributed by atoms with Crippen molar-refractivity contribution >= 4 is 86.8 Å². The number of ether oxygens (including phenoxy) is 2. The smallest absolute Gasteiger partial charge is 0.315 e. The minimum atomic E-state index is -0.261. The van der Waals surface area contributed by atoms with Crippen LogP contribution in [0.15, 0.2) is 251 Å². The topological polar surface area (TPSA) is 219 Å². The number of anilines is 4. The number of carbonyl (C=O) groups is 5. The molecule has 0 unspecified atom stereocenters. The summed E-state index contributed by atoms with van der Waals surface area (Å²) in [5.41, 5.74) is 38.0. The van der Waals surface area contributed by atoms with E-state index in [1.165, 1.54) is 133 Å². The van der Waals surface area contributed by atoms with Crippen molar-refractivity contribution < 1.29 is 33.4 Å². The highest BCUT2D eigenvalue weighted by molar-refractivity contribution is 6.08. The molecule has 23 rings (SSSR count). The molecule has 2 amide bonds. The number of esters is 1. The first-order chi connectivity index (χ1) is 59.4. The molecular formula is C107H112N10O7. The molecule has 0 radical (unpaired) electrons. The summed E-state index contributed by atoms with van der Waals surface area (Å²) in [7, 11) is 1.96. The van der Waals surface area contributed by atoms with Gasteiger partial charge >= 0.3 is 5.97 Å². The first-order valence-corrected chi connectivity index (χ1v) is 42.5. The number of carbonyl (C=O) groups excluding carboxylic acids is 5. The zero-order valence-electron chi connectivity index (χ0n) is 73.9. The third-order valence-corrected chi connectivity index (χ3v) is 23.1. The number of hydrogen-bond donors (Lipinski definition) is 4. The molecule has 0 saturated heterocycles. The quantitative estimate of drug-likeness (QED) is 0.0831. The lowest BCUT2D eigenvalue weighted by Gasteiger charge is -2.20. The molecule has 8 aliphatic heterocycles. The maximum atomic E-state index is 11.7. The van der Waals surface area contributed by atoms with E-state index < -0.39 is 0 Å². The van der Waals surface area contributed by atoms with Gasteiger partial charge in [0.15, 0.2) is 0 Å². The SMILES string of the molecule is C=C1CCc2ccc(C)cc2N1.C=C1COc2ccc(C)cc2N1.Cc1ccc2c(c1)CC(=O)C2.Cc1ccc2c(c1)CC(=O)C2(C)C.Cc1ccc2c(c1)CC(=O)N2.Cc1ccc2c(c1)CC(=O)O2.Cc1ccc2c(c1)CC=N2.Cc1ccc2c(c1)CN=C2.Cc1ccc2c(c1)CN=N2.Cc1ccc2c(c1)NC(=O)C21CC1.Cc1ccc2c(cnn2C)c1. The van der Waals surface area contributed by atoms with Crippen molar-refractivity contribution in [1.29, 1.82) is 0 Å². The van der Waals surface area contributed by atoms with E-state index >= 15 is 0 Å². The van der Waals surface area contributed by atoms with Crippen LogP contribution in [0.3, 0.4) is 0 Å². The molecule has 1 spiro atoms. The normalized spacial score (nSPS) is 15.3.